The van der Waals surface area contributed by atoms with Crippen LogP contribution in [0.4, 0.5) is 4.39 Å². The van der Waals surface area contributed by atoms with Gasteiger partial charge in [-0.15, -0.1) is 0 Å². The van der Waals surface area contributed by atoms with E-state index < -0.39 is 5.82 Å². The Hall–Kier alpha value is -1.58. The van der Waals surface area contributed by atoms with Gasteiger partial charge in [-0.3, -0.25) is 4.79 Å². The Bertz CT molecular complexity index is 446. The van der Waals surface area contributed by atoms with Gasteiger partial charge in [-0.05, 0) is 37.8 Å². The first kappa shape index (κ1) is 13.8. The Kier molecular flexibility index (Phi) is 4.40. The topological polar surface area (TPSA) is 29.5 Å². The number of hydrogen-bond acceptors (Lipinski definition) is 2. The largest absolute Gasteiger partial charge is 0.490 e. The van der Waals surface area contributed by atoms with Crippen LogP contribution in [0.5, 0.6) is 5.75 Å². The van der Waals surface area contributed by atoms with Gasteiger partial charge in [0.15, 0.2) is 11.6 Å². The number of amides is 1. The van der Waals surface area contributed by atoms with E-state index in [4.69, 9.17) is 4.74 Å². The summed E-state index contributed by atoms with van der Waals surface area (Å²) in [5, 5.41) is 0. The van der Waals surface area contributed by atoms with Crippen LogP contribution in [0.15, 0.2) is 24.3 Å². The number of nitrogens with zero attached hydrogens (tertiary/aromatic N) is 1. The fourth-order valence-corrected chi connectivity index (χ4v) is 2.11. The summed E-state index contributed by atoms with van der Waals surface area (Å²) in [5.74, 6) is 0.514. The van der Waals surface area contributed by atoms with E-state index in [1.54, 1.807) is 23.1 Å². The zero-order chi connectivity index (χ0) is 13.8. The van der Waals surface area contributed by atoms with Crippen molar-refractivity contribution in [1.82, 2.24) is 4.90 Å². The van der Waals surface area contributed by atoms with E-state index in [-0.39, 0.29) is 24.7 Å². The fourth-order valence-electron chi connectivity index (χ4n) is 2.11. The molecule has 1 amide bonds. The zero-order valence-corrected chi connectivity index (χ0v) is 11.4. The molecule has 3 nitrogen and oxygen atoms in total. The van der Waals surface area contributed by atoms with Crippen molar-refractivity contribution >= 4 is 5.91 Å². The van der Waals surface area contributed by atoms with Gasteiger partial charge < -0.3 is 9.64 Å². The summed E-state index contributed by atoms with van der Waals surface area (Å²) in [7, 11) is 1.83. The summed E-state index contributed by atoms with van der Waals surface area (Å²) in [5.41, 5.74) is 0. The number of hydrogen-bond donors (Lipinski definition) is 0. The molecule has 0 heterocycles. The van der Waals surface area contributed by atoms with Crippen LogP contribution >= 0.6 is 0 Å². The molecular weight excluding hydrogens is 245 g/mol. The second kappa shape index (κ2) is 6.04. The van der Waals surface area contributed by atoms with Crippen molar-refractivity contribution in [3.63, 3.8) is 0 Å². The lowest BCUT2D eigenvalue weighted by molar-refractivity contribution is -0.132. The molecular formula is C15H20FNO2. The maximum atomic E-state index is 13.3. The first-order chi connectivity index (χ1) is 9.09. The summed E-state index contributed by atoms with van der Waals surface area (Å²) >= 11 is 0. The Morgan fingerprint density at radius 2 is 2.16 bits per heavy atom. The van der Waals surface area contributed by atoms with E-state index in [0.717, 1.165) is 0 Å². The molecule has 1 aromatic carbocycles. The normalized spacial score (nSPS) is 15.9. The maximum Gasteiger partial charge on any atom is 0.225 e. The standard InChI is InChI=1S/C15H20FNO2/c1-11(12-7-8-12)17(2)15(18)9-10-19-14-6-4-3-5-13(14)16/h3-6,11-12H,7-10H2,1-2H3. The Morgan fingerprint density at radius 1 is 1.47 bits per heavy atom. The highest BCUT2D eigenvalue weighted by Gasteiger charge is 2.32. The van der Waals surface area contributed by atoms with Crippen LogP contribution < -0.4 is 4.74 Å². The molecule has 0 aromatic heterocycles. The zero-order valence-electron chi connectivity index (χ0n) is 11.4. The minimum Gasteiger partial charge on any atom is -0.490 e. The Morgan fingerprint density at radius 3 is 2.79 bits per heavy atom. The SMILES string of the molecule is CC(C1CC1)N(C)C(=O)CCOc1ccccc1F. The molecule has 1 saturated carbocycles. The van der Waals surface area contributed by atoms with Crippen molar-refractivity contribution in [3.05, 3.63) is 30.1 Å². The van der Waals surface area contributed by atoms with Crippen molar-refractivity contribution in [3.8, 4) is 5.75 Å². The predicted molar refractivity (Wildman–Crippen MR) is 71.5 cm³/mol. The number of para-hydroxylation sites is 1. The smallest absolute Gasteiger partial charge is 0.225 e. The molecule has 1 fully saturated rings. The fraction of sp³-hybridized carbons (Fsp3) is 0.533. The van der Waals surface area contributed by atoms with Gasteiger partial charge in [0.25, 0.3) is 0 Å². The van der Waals surface area contributed by atoms with Crippen molar-refractivity contribution in [2.75, 3.05) is 13.7 Å². The molecule has 2 rings (SSSR count). The predicted octanol–water partition coefficient (Wildman–Crippen LogP) is 2.85. The van der Waals surface area contributed by atoms with Gasteiger partial charge in [-0.1, -0.05) is 12.1 Å². The second-order valence-corrected chi connectivity index (χ2v) is 5.11. The first-order valence-electron chi connectivity index (χ1n) is 6.72. The molecule has 1 aliphatic carbocycles. The summed E-state index contributed by atoms with van der Waals surface area (Å²) in [4.78, 5) is 13.7. The molecule has 0 radical (unpaired) electrons. The molecule has 1 aromatic rings. The van der Waals surface area contributed by atoms with Crippen LogP contribution in [0.1, 0.15) is 26.2 Å². The number of carbonyl (C=O) groups excluding carboxylic acids is 1. The van der Waals surface area contributed by atoms with Crippen molar-refractivity contribution in [2.45, 2.75) is 32.2 Å². The number of benzene rings is 1. The number of ether oxygens (including phenoxy) is 1. The minimum atomic E-state index is -0.394. The second-order valence-electron chi connectivity index (χ2n) is 5.11. The lowest BCUT2D eigenvalue weighted by Gasteiger charge is -2.24. The first-order valence-corrected chi connectivity index (χ1v) is 6.72. The van der Waals surface area contributed by atoms with Gasteiger partial charge in [-0.25, -0.2) is 4.39 Å². The quantitative estimate of drug-likeness (QED) is 0.791. The molecule has 0 aliphatic heterocycles. The molecule has 1 aliphatic rings. The maximum absolute atomic E-state index is 13.3. The third-order valence-electron chi connectivity index (χ3n) is 3.72. The minimum absolute atomic E-state index is 0.0516. The van der Waals surface area contributed by atoms with Crippen LogP contribution in [0.3, 0.4) is 0 Å². The average molecular weight is 265 g/mol. The van der Waals surface area contributed by atoms with E-state index in [1.165, 1.54) is 18.9 Å². The van der Waals surface area contributed by atoms with E-state index in [9.17, 15) is 9.18 Å². The molecule has 1 atom stereocenters. The third-order valence-corrected chi connectivity index (χ3v) is 3.72. The average Bonchev–Trinajstić information content (AvgIpc) is 3.23. The highest BCUT2D eigenvalue weighted by Crippen LogP contribution is 2.34. The number of carbonyl (C=O) groups is 1. The summed E-state index contributed by atoms with van der Waals surface area (Å²) < 4.78 is 18.6. The van der Waals surface area contributed by atoms with Crippen molar-refractivity contribution in [1.29, 1.82) is 0 Å². The molecule has 104 valence electrons. The van der Waals surface area contributed by atoms with Crippen molar-refractivity contribution in [2.24, 2.45) is 5.92 Å². The Balaban J connectivity index is 1.76. The molecule has 19 heavy (non-hydrogen) atoms. The van der Waals surface area contributed by atoms with Gasteiger partial charge in [-0.2, -0.15) is 0 Å². The summed E-state index contributed by atoms with van der Waals surface area (Å²) in [6.45, 7) is 2.29. The molecule has 0 bridgehead atoms. The lowest BCUT2D eigenvalue weighted by atomic mass is 10.2. The van der Waals surface area contributed by atoms with Gasteiger partial charge in [0.05, 0.1) is 13.0 Å². The summed E-state index contributed by atoms with van der Waals surface area (Å²) in [6.07, 6.45) is 2.71. The van der Waals surface area contributed by atoms with Crippen molar-refractivity contribution < 1.29 is 13.9 Å². The van der Waals surface area contributed by atoms with Crippen LogP contribution in [0, 0.1) is 11.7 Å². The van der Waals surface area contributed by atoms with Gasteiger partial charge in [0.1, 0.15) is 0 Å². The highest BCUT2D eigenvalue weighted by atomic mass is 19.1. The molecule has 0 spiro atoms. The van der Waals surface area contributed by atoms with E-state index in [0.29, 0.717) is 12.0 Å². The van der Waals surface area contributed by atoms with Gasteiger partial charge in [0.2, 0.25) is 5.91 Å². The lowest BCUT2D eigenvalue weighted by Crippen LogP contribution is -2.37. The molecule has 4 heteroatoms. The van der Waals surface area contributed by atoms with Crippen LogP contribution in [0.25, 0.3) is 0 Å². The summed E-state index contributed by atoms with van der Waals surface area (Å²) in [6, 6.07) is 6.52. The monoisotopic (exact) mass is 265 g/mol. The molecule has 0 N–H and O–H groups in total. The Labute approximate surface area is 113 Å². The highest BCUT2D eigenvalue weighted by molar-refractivity contribution is 5.76. The van der Waals surface area contributed by atoms with Gasteiger partial charge in [0, 0.05) is 13.1 Å². The third kappa shape index (κ3) is 3.69. The molecule has 1 unspecified atom stereocenters. The van der Waals surface area contributed by atoms with Crippen LogP contribution in [-0.4, -0.2) is 30.5 Å². The van der Waals surface area contributed by atoms with E-state index in [1.807, 2.05) is 7.05 Å². The van der Waals surface area contributed by atoms with Gasteiger partial charge >= 0.3 is 0 Å². The number of rotatable bonds is 6. The van der Waals surface area contributed by atoms with Crippen LogP contribution in [-0.2, 0) is 4.79 Å². The number of halogens is 1. The molecule has 0 saturated heterocycles. The van der Waals surface area contributed by atoms with E-state index >= 15 is 0 Å². The van der Waals surface area contributed by atoms with E-state index in [2.05, 4.69) is 6.92 Å². The van der Waals surface area contributed by atoms with Crippen LogP contribution in [0.2, 0.25) is 0 Å².